The third-order valence-corrected chi connectivity index (χ3v) is 7.11. The van der Waals surface area contributed by atoms with Crippen molar-refractivity contribution >= 4 is 17.8 Å². The number of aromatic nitrogens is 2. The summed E-state index contributed by atoms with van der Waals surface area (Å²) < 4.78 is 26.3. The highest BCUT2D eigenvalue weighted by molar-refractivity contribution is 5.76. The minimum atomic E-state index is -2.04. The van der Waals surface area contributed by atoms with Gasteiger partial charge in [0.2, 0.25) is 5.91 Å². The minimum absolute atomic E-state index is 0.0379. The summed E-state index contributed by atoms with van der Waals surface area (Å²) >= 11 is 0. The largest absolute Gasteiger partial charge is 0.447 e. The lowest BCUT2D eigenvalue weighted by Gasteiger charge is -2.24. The number of nitrogens with zero attached hydrogens (tertiary/aromatic N) is 2. The van der Waals surface area contributed by atoms with E-state index in [1.165, 1.54) is 19.2 Å². The van der Waals surface area contributed by atoms with Crippen molar-refractivity contribution in [1.82, 2.24) is 20.2 Å². The van der Waals surface area contributed by atoms with Crippen LogP contribution in [0.25, 0.3) is 0 Å². The van der Waals surface area contributed by atoms with E-state index in [0.29, 0.717) is 12.8 Å². The number of halogens is 1. The molecule has 12 heteroatoms. The number of aliphatic hydroxyl groups is 1. The molecule has 0 radical (unpaired) electrons. The molecule has 1 saturated heterocycles. The fourth-order valence-corrected chi connectivity index (χ4v) is 4.39. The summed E-state index contributed by atoms with van der Waals surface area (Å²) in [5.41, 5.74) is 2.58. The monoisotopic (exact) mass is 655 g/mol. The Bertz CT molecular complexity index is 1330. The third kappa shape index (κ3) is 15.2. The van der Waals surface area contributed by atoms with E-state index in [4.69, 9.17) is 15.2 Å². The zero-order valence-corrected chi connectivity index (χ0v) is 27.4. The number of ether oxygens (including phenoxy) is 2. The molecule has 0 saturated carbocycles. The fourth-order valence-electron chi connectivity index (χ4n) is 4.39. The molecule has 47 heavy (non-hydrogen) atoms. The number of nitrogens with two attached hydrogens (primary N) is 1. The molecule has 2 rings (SSSR count). The van der Waals surface area contributed by atoms with Crippen LogP contribution >= 0.6 is 0 Å². The van der Waals surface area contributed by atoms with Gasteiger partial charge in [0, 0.05) is 25.7 Å². The summed E-state index contributed by atoms with van der Waals surface area (Å²) in [7, 11) is 0. The lowest BCUT2D eigenvalue weighted by atomic mass is 9.96. The summed E-state index contributed by atoms with van der Waals surface area (Å²) in [6, 6.07) is 1.30. The first-order chi connectivity index (χ1) is 22.7. The van der Waals surface area contributed by atoms with Gasteiger partial charge in [0.15, 0.2) is 12.4 Å². The predicted octanol–water partition coefficient (Wildman–Crippen LogP) is 5.13. The highest BCUT2D eigenvalue weighted by atomic mass is 19.1. The summed E-state index contributed by atoms with van der Waals surface area (Å²) in [4.78, 5) is 39.7. The second-order valence-corrected chi connectivity index (χ2v) is 11.0. The number of carbonyl (C=O) groups is 2. The van der Waals surface area contributed by atoms with E-state index in [0.717, 1.165) is 43.1 Å². The first-order valence-corrected chi connectivity index (χ1v) is 16.1. The van der Waals surface area contributed by atoms with Crippen LogP contribution in [-0.2, 0) is 14.3 Å². The number of nitrogens with one attached hydrogen (secondary N) is 2. The van der Waals surface area contributed by atoms with Crippen LogP contribution in [-0.4, -0.2) is 64.2 Å². The Balaban J connectivity index is 1.50. The van der Waals surface area contributed by atoms with Crippen LogP contribution in [0.1, 0.15) is 71.4 Å². The van der Waals surface area contributed by atoms with E-state index in [9.17, 15) is 23.9 Å². The number of allylic oxidation sites excluding steroid dienone is 12. The summed E-state index contributed by atoms with van der Waals surface area (Å²) in [5.74, 6) is -0.188. The Morgan fingerprint density at radius 1 is 0.979 bits per heavy atom. The SMILES string of the molecule is CCC=CCC=CCC=CCC=CCC=CCC=CCCC(=O)NCCNC(=O)OCC1OC(n2ccc(N)nc2=O)C(F)C1(C)O. The second-order valence-electron chi connectivity index (χ2n) is 11.0. The molecule has 1 aliphatic heterocycles. The molecular formula is C35H50FN5O6. The van der Waals surface area contributed by atoms with Gasteiger partial charge in [-0.25, -0.2) is 14.0 Å². The molecule has 0 spiro atoms. The molecule has 258 valence electrons. The van der Waals surface area contributed by atoms with Crippen molar-refractivity contribution in [2.75, 3.05) is 25.4 Å². The number of amides is 2. The van der Waals surface area contributed by atoms with Crippen molar-refractivity contribution in [3.05, 3.63) is 95.7 Å². The van der Waals surface area contributed by atoms with Gasteiger partial charge in [0.25, 0.3) is 0 Å². The van der Waals surface area contributed by atoms with Gasteiger partial charge in [-0.1, -0.05) is 79.8 Å². The molecule has 1 aromatic heterocycles. The fraction of sp³-hybridized carbons (Fsp3) is 0.486. The Morgan fingerprint density at radius 3 is 2.06 bits per heavy atom. The van der Waals surface area contributed by atoms with Crippen LogP contribution in [0.2, 0.25) is 0 Å². The van der Waals surface area contributed by atoms with Crippen LogP contribution in [0, 0.1) is 0 Å². The van der Waals surface area contributed by atoms with Gasteiger partial charge in [-0.05, 0) is 57.9 Å². The minimum Gasteiger partial charge on any atom is -0.447 e. The second kappa shape index (κ2) is 22.3. The Labute approximate surface area is 276 Å². The van der Waals surface area contributed by atoms with Crippen molar-refractivity contribution in [1.29, 1.82) is 0 Å². The van der Waals surface area contributed by atoms with Crippen LogP contribution in [0.5, 0.6) is 0 Å². The number of carbonyl (C=O) groups excluding carboxylic acids is 2. The molecule has 0 aromatic carbocycles. The van der Waals surface area contributed by atoms with Crippen LogP contribution in [0.3, 0.4) is 0 Å². The zero-order chi connectivity index (χ0) is 34.3. The number of alkyl halides is 1. The van der Waals surface area contributed by atoms with Gasteiger partial charge in [-0.15, -0.1) is 0 Å². The summed E-state index contributed by atoms with van der Waals surface area (Å²) in [6.07, 6.45) is 27.8. The maximum Gasteiger partial charge on any atom is 0.407 e. The Hall–Kier alpha value is -4.29. The first kappa shape index (κ1) is 38.9. The van der Waals surface area contributed by atoms with Crippen LogP contribution in [0.4, 0.5) is 15.0 Å². The molecule has 1 fully saturated rings. The predicted molar refractivity (Wildman–Crippen MR) is 182 cm³/mol. The maximum atomic E-state index is 14.9. The summed E-state index contributed by atoms with van der Waals surface area (Å²) in [6.45, 7) is 3.15. The quantitative estimate of drug-likeness (QED) is 0.111. The molecule has 1 aromatic rings. The highest BCUT2D eigenvalue weighted by Crippen LogP contribution is 2.38. The number of hydrogen-bond donors (Lipinski definition) is 4. The summed E-state index contributed by atoms with van der Waals surface area (Å²) in [5, 5.41) is 15.8. The number of anilines is 1. The number of rotatable bonds is 20. The molecule has 4 unspecified atom stereocenters. The Morgan fingerprint density at radius 2 is 1.51 bits per heavy atom. The normalized spacial score (nSPS) is 21.7. The van der Waals surface area contributed by atoms with E-state index in [1.807, 2.05) is 12.2 Å². The van der Waals surface area contributed by atoms with Crippen molar-refractivity contribution < 1.29 is 28.6 Å². The van der Waals surface area contributed by atoms with Gasteiger partial charge in [0.1, 0.15) is 24.1 Å². The highest BCUT2D eigenvalue weighted by Gasteiger charge is 2.55. The molecule has 2 amide bonds. The standard InChI is InChI=1S/C35H50FN5O6/c1-3-4-5-6-7-8-9-10-11-12-13-14-15-16-17-18-19-20-21-22-30(42)38-24-25-39-34(44)46-27-28-35(2,45)31(36)32(47-28)41-26-23-29(37)40-33(41)43/h4-5,7-8,10-11,13-14,16-17,19-20,23,26,28,31-32,45H,3,6,9,12,15,18,21-22,24-25,27H2,1-2H3,(H,38,42)(H,39,44)(H2,37,40,43). The lowest BCUT2D eigenvalue weighted by Crippen LogP contribution is -2.46. The average Bonchev–Trinajstić information content (AvgIpc) is 3.26. The van der Waals surface area contributed by atoms with Gasteiger partial charge < -0.3 is 30.9 Å². The smallest absolute Gasteiger partial charge is 0.407 e. The molecule has 2 heterocycles. The van der Waals surface area contributed by atoms with Crippen LogP contribution < -0.4 is 22.1 Å². The number of alkyl carbamates (subject to hydrolysis) is 1. The molecule has 4 atom stereocenters. The molecule has 0 bridgehead atoms. The molecule has 5 N–H and O–H groups in total. The Kier molecular flexibility index (Phi) is 18.4. The maximum absolute atomic E-state index is 14.9. The van der Waals surface area contributed by atoms with Gasteiger partial charge in [-0.3, -0.25) is 9.36 Å². The molecule has 11 nitrogen and oxygen atoms in total. The van der Waals surface area contributed by atoms with E-state index in [2.05, 4.69) is 83.3 Å². The van der Waals surface area contributed by atoms with Crippen molar-refractivity contribution in [3.63, 3.8) is 0 Å². The number of nitrogen functional groups attached to an aromatic ring is 1. The lowest BCUT2D eigenvalue weighted by molar-refractivity contribution is -0.121. The van der Waals surface area contributed by atoms with Crippen LogP contribution in [0.15, 0.2) is 90.0 Å². The van der Waals surface area contributed by atoms with E-state index < -0.39 is 42.5 Å². The molecule has 0 aliphatic carbocycles. The van der Waals surface area contributed by atoms with E-state index >= 15 is 0 Å². The van der Waals surface area contributed by atoms with Gasteiger partial charge in [-0.2, -0.15) is 4.98 Å². The number of hydrogen-bond acceptors (Lipinski definition) is 8. The average molecular weight is 656 g/mol. The molecule has 1 aliphatic rings. The molecular weight excluding hydrogens is 605 g/mol. The van der Waals surface area contributed by atoms with Crippen molar-refractivity contribution in [3.8, 4) is 0 Å². The topological polar surface area (TPSA) is 158 Å². The first-order valence-electron chi connectivity index (χ1n) is 16.1. The van der Waals surface area contributed by atoms with Gasteiger partial charge in [0.05, 0.1) is 0 Å². The van der Waals surface area contributed by atoms with Crippen molar-refractivity contribution in [2.45, 2.75) is 89.3 Å². The third-order valence-electron chi connectivity index (χ3n) is 7.11. The van der Waals surface area contributed by atoms with Crippen molar-refractivity contribution in [2.24, 2.45) is 0 Å². The van der Waals surface area contributed by atoms with E-state index in [-0.39, 0.29) is 24.8 Å². The van der Waals surface area contributed by atoms with E-state index in [1.54, 1.807) is 0 Å². The zero-order valence-electron chi connectivity index (χ0n) is 27.4. The van der Waals surface area contributed by atoms with Gasteiger partial charge >= 0.3 is 11.8 Å².